The molecule has 0 amide bonds. The van der Waals surface area contributed by atoms with E-state index in [2.05, 4.69) is 28.0 Å². The second-order valence-electron chi connectivity index (χ2n) is 5.78. The standard InChI is InChI=1S/C16H29N3/c1-2-3-4-5-6-9-12-19-14-17-13-16(19)15-10-7-8-11-18-15/h13-15,18H,2-12H2,1H3. The monoisotopic (exact) mass is 263 g/mol. The van der Waals surface area contributed by atoms with Gasteiger partial charge in [-0.1, -0.05) is 45.4 Å². The topological polar surface area (TPSA) is 29.9 Å². The van der Waals surface area contributed by atoms with Crippen LogP contribution in [0.15, 0.2) is 12.5 Å². The van der Waals surface area contributed by atoms with Gasteiger partial charge in [-0.15, -0.1) is 0 Å². The lowest BCUT2D eigenvalue weighted by atomic mass is 10.0. The molecule has 1 N–H and O–H groups in total. The van der Waals surface area contributed by atoms with Gasteiger partial charge in [-0.05, 0) is 25.8 Å². The van der Waals surface area contributed by atoms with Crippen LogP contribution < -0.4 is 5.32 Å². The molecule has 2 rings (SSSR count). The van der Waals surface area contributed by atoms with Crippen LogP contribution >= 0.6 is 0 Å². The van der Waals surface area contributed by atoms with E-state index < -0.39 is 0 Å². The third-order valence-electron chi connectivity index (χ3n) is 4.16. The molecular weight excluding hydrogens is 234 g/mol. The Hall–Kier alpha value is -0.830. The molecule has 0 bridgehead atoms. The Morgan fingerprint density at radius 3 is 2.84 bits per heavy atom. The Morgan fingerprint density at radius 2 is 2.05 bits per heavy atom. The largest absolute Gasteiger partial charge is 0.333 e. The fourth-order valence-electron chi connectivity index (χ4n) is 2.97. The third kappa shape index (κ3) is 4.64. The predicted molar refractivity (Wildman–Crippen MR) is 80.2 cm³/mol. The van der Waals surface area contributed by atoms with Crippen LogP contribution in [0.3, 0.4) is 0 Å². The third-order valence-corrected chi connectivity index (χ3v) is 4.16. The van der Waals surface area contributed by atoms with Gasteiger partial charge in [-0.2, -0.15) is 0 Å². The highest BCUT2D eigenvalue weighted by molar-refractivity contribution is 5.06. The molecule has 1 saturated heterocycles. The summed E-state index contributed by atoms with van der Waals surface area (Å²) in [5, 5.41) is 3.62. The van der Waals surface area contributed by atoms with Gasteiger partial charge in [0.1, 0.15) is 0 Å². The van der Waals surface area contributed by atoms with E-state index in [1.54, 1.807) is 0 Å². The van der Waals surface area contributed by atoms with Crippen molar-refractivity contribution < 1.29 is 0 Å². The zero-order chi connectivity index (χ0) is 13.3. The predicted octanol–water partition coefficient (Wildman–Crippen LogP) is 4.06. The first-order chi connectivity index (χ1) is 9.42. The van der Waals surface area contributed by atoms with Crippen molar-refractivity contribution in [1.82, 2.24) is 14.9 Å². The summed E-state index contributed by atoms with van der Waals surface area (Å²) in [6.45, 7) is 4.57. The molecule has 1 unspecified atom stereocenters. The minimum atomic E-state index is 0.538. The van der Waals surface area contributed by atoms with Crippen molar-refractivity contribution in [2.24, 2.45) is 0 Å². The van der Waals surface area contributed by atoms with Crippen LogP contribution in [-0.2, 0) is 6.54 Å². The first-order valence-electron chi connectivity index (χ1n) is 8.15. The van der Waals surface area contributed by atoms with Gasteiger partial charge in [-0.3, -0.25) is 0 Å². The lowest BCUT2D eigenvalue weighted by Crippen LogP contribution is -2.28. The molecule has 3 nitrogen and oxygen atoms in total. The molecule has 0 radical (unpaired) electrons. The second kappa shape index (κ2) is 8.36. The zero-order valence-electron chi connectivity index (χ0n) is 12.4. The Morgan fingerprint density at radius 1 is 1.21 bits per heavy atom. The number of hydrogen-bond acceptors (Lipinski definition) is 2. The van der Waals surface area contributed by atoms with Crippen LogP contribution in [0.25, 0.3) is 0 Å². The zero-order valence-corrected chi connectivity index (χ0v) is 12.4. The maximum Gasteiger partial charge on any atom is 0.0948 e. The number of aromatic nitrogens is 2. The summed E-state index contributed by atoms with van der Waals surface area (Å²) in [5.41, 5.74) is 1.40. The highest BCUT2D eigenvalue weighted by Crippen LogP contribution is 2.22. The molecule has 1 aliphatic rings. The van der Waals surface area contributed by atoms with Gasteiger partial charge in [0.2, 0.25) is 0 Å². The van der Waals surface area contributed by atoms with Crippen LogP contribution in [0.5, 0.6) is 0 Å². The van der Waals surface area contributed by atoms with Crippen molar-refractivity contribution in [1.29, 1.82) is 0 Å². The number of rotatable bonds is 8. The number of nitrogens with zero attached hydrogens (tertiary/aromatic N) is 2. The average Bonchev–Trinajstić information content (AvgIpc) is 2.92. The number of imidazole rings is 1. The molecule has 3 heteroatoms. The molecule has 1 aromatic rings. The first-order valence-corrected chi connectivity index (χ1v) is 8.15. The van der Waals surface area contributed by atoms with Gasteiger partial charge in [0, 0.05) is 18.8 Å². The molecule has 0 aliphatic carbocycles. The van der Waals surface area contributed by atoms with Crippen LogP contribution in [0.4, 0.5) is 0 Å². The molecule has 108 valence electrons. The van der Waals surface area contributed by atoms with Crippen molar-refractivity contribution in [2.75, 3.05) is 6.54 Å². The van der Waals surface area contributed by atoms with Crippen LogP contribution in [0, 0.1) is 0 Å². The van der Waals surface area contributed by atoms with Crippen LogP contribution in [0.1, 0.15) is 76.4 Å². The number of hydrogen-bond donors (Lipinski definition) is 1. The number of aryl methyl sites for hydroxylation is 1. The number of nitrogens with one attached hydrogen (secondary N) is 1. The molecule has 0 saturated carbocycles. The Bertz CT molecular complexity index is 340. The minimum absolute atomic E-state index is 0.538. The Balaban J connectivity index is 1.73. The van der Waals surface area contributed by atoms with Crippen molar-refractivity contribution in [2.45, 2.75) is 77.3 Å². The fourth-order valence-corrected chi connectivity index (χ4v) is 2.97. The maximum absolute atomic E-state index is 4.35. The normalized spacial score (nSPS) is 19.7. The van der Waals surface area contributed by atoms with Crippen LogP contribution in [-0.4, -0.2) is 16.1 Å². The summed E-state index contributed by atoms with van der Waals surface area (Å²) < 4.78 is 2.36. The summed E-state index contributed by atoms with van der Waals surface area (Å²) >= 11 is 0. The van der Waals surface area contributed by atoms with Gasteiger partial charge < -0.3 is 9.88 Å². The second-order valence-corrected chi connectivity index (χ2v) is 5.78. The molecule has 0 spiro atoms. The van der Waals surface area contributed by atoms with Crippen molar-refractivity contribution in [3.05, 3.63) is 18.2 Å². The first kappa shape index (κ1) is 14.6. The molecule has 0 aromatic carbocycles. The Labute approximate surface area is 117 Å². The summed E-state index contributed by atoms with van der Waals surface area (Å²) in [6.07, 6.45) is 16.2. The maximum atomic E-state index is 4.35. The van der Waals surface area contributed by atoms with E-state index in [4.69, 9.17) is 0 Å². The highest BCUT2D eigenvalue weighted by atomic mass is 15.1. The molecule has 1 fully saturated rings. The molecule has 1 atom stereocenters. The lowest BCUT2D eigenvalue weighted by molar-refractivity contribution is 0.390. The lowest BCUT2D eigenvalue weighted by Gasteiger charge is -2.24. The molecule has 2 heterocycles. The summed E-state index contributed by atoms with van der Waals surface area (Å²) in [4.78, 5) is 4.35. The van der Waals surface area contributed by atoms with Gasteiger partial charge >= 0.3 is 0 Å². The molecule has 1 aliphatic heterocycles. The van der Waals surface area contributed by atoms with Crippen LogP contribution in [0.2, 0.25) is 0 Å². The van der Waals surface area contributed by atoms with Gasteiger partial charge in [0.25, 0.3) is 0 Å². The van der Waals surface area contributed by atoms with E-state index in [1.807, 2.05) is 6.33 Å². The van der Waals surface area contributed by atoms with Crippen molar-refractivity contribution in [3.8, 4) is 0 Å². The Kier molecular flexibility index (Phi) is 6.42. The average molecular weight is 263 g/mol. The summed E-state index contributed by atoms with van der Waals surface area (Å²) in [6, 6.07) is 0.538. The van der Waals surface area contributed by atoms with E-state index in [0.29, 0.717) is 6.04 Å². The van der Waals surface area contributed by atoms with Crippen molar-refractivity contribution in [3.63, 3.8) is 0 Å². The SMILES string of the molecule is CCCCCCCCn1cncc1C1CCCCN1. The van der Waals surface area contributed by atoms with Crippen molar-refractivity contribution >= 4 is 0 Å². The number of unbranched alkanes of at least 4 members (excludes halogenated alkanes) is 5. The van der Waals surface area contributed by atoms with E-state index >= 15 is 0 Å². The summed E-state index contributed by atoms with van der Waals surface area (Å²) in [5.74, 6) is 0. The highest BCUT2D eigenvalue weighted by Gasteiger charge is 2.17. The smallest absolute Gasteiger partial charge is 0.0948 e. The van der Waals surface area contributed by atoms with Gasteiger partial charge in [-0.25, -0.2) is 4.98 Å². The van der Waals surface area contributed by atoms with Gasteiger partial charge in [0.05, 0.1) is 12.0 Å². The summed E-state index contributed by atoms with van der Waals surface area (Å²) in [7, 11) is 0. The molecule has 1 aromatic heterocycles. The van der Waals surface area contributed by atoms with Gasteiger partial charge in [0.15, 0.2) is 0 Å². The van der Waals surface area contributed by atoms with E-state index in [9.17, 15) is 0 Å². The molecule has 19 heavy (non-hydrogen) atoms. The quantitative estimate of drug-likeness (QED) is 0.717. The molecular formula is C16H29N3. The minimum Gasteiger partial charge on any atom is -0.333 e. The van der Waals surface area contributed by atoms with E-state index in [0.717, 1.165) is 13.1 Å². The number of piperidine rings is 1. The van der Waals surface area contributed by atoms with E-state index in [1.165, 1.54) is 63.5 Å². The van der Waals surface area contributed by atoms with E-state index in [-0.39, 0.29) is 0 Å². The fraction of sp³-hybridized carbons (Fsp3) is 0.812.